The van der Waals surface area contributed by atoms with Gasteiger partial charge in [0.2, 0.25) is 0 Å². The summed E-state index contributed by atoms with van der Waals surface area (Å²) in [7, 11) is 1.36. The Kier molecular flexibility index (Phi) is 5.26. The van der Waals surface area contributed by atoms with E-state index in [0.717, 1.165) is 12.1 Å². The number of ether oxygens (including phenoxy) is 2. The molecule has 0 radical (unpaired) electrons. The van der Waals surface area contributed by atoms with Crippen LogP contribution in [0.15, 0.2) is 41.4 Å². The van der Waals surface area contributed by atoms with Crippen LogP contribution in [0.4, 0.5) is 24.5 Å². The zero-order valence-corrected chi connectivity index (χ0v) is 13.2. The highest BCUT2D eigenvalue weighted by Gasteiger charge is 2.31. The van der Waals surface area contributed by atoms with Crippen molar-refractivity contribution >= 4 is 17.6 Å². The lowest BCUT2D eigenvalue weighted by Crippen LogP contribution is -2.17. The molecule has 2 aromatic carbocycles. The summed E-state index contributed by atoms with van der Waals surface area (Å²) in [6.45, 7) is 1.53. The number of nitrogens with zero attached hydrogens (tertiary/aromatic N) is 2. The second-order valence-electron chi connectivity index (χ2n) is 4.89. The molecule has 0 aromatic heterocycles. The van der Waals surface area contributed by atoms with E-state index < -0.39 is 17.0 Å². The molecular weight excluding hydrogens is 341 g/mol. The van der Waals surface area contributed by atoms with Crippen molar-refractivity contribution in [1.29, 1.82) is 0 Å². The largest absolute Gasteiger partial charge is 0.573 e. The van der Waals surface area contributed by atoms with Crippen molar-refractivity contribution in [3.8, 4) is 11.5 Å². The topological polar surface area (TPSA) is 74.0 Å². The Morgan fingerprint density at radius 3 is 2.56 bits per heavy atom. The first-order chi connectivity index (χ1) is 11.7. The number of methoxy groups -OCH3 is 1. The van der Waals surface area contributed by atoms with Gasteiger partial charge in [-0.2, -0.15) is 0 Å². The molecule has 0 saturated heterocycles. The van der Waals surface area contributed by atoms with Crippen LogP contribution in [0.1, 0.15) is 11.1 Å². The molecule has 0 heterocycles. The molecule has 0 spiro atoms. The van der Waals surface area contributed by atoms with Crippen LogP contribution in [-0.2, 0) is 0 Å². The Balaban J connectivity index is 2.39. The quantitative estimate of drug-likeness (QED) is 0.448. The van der Waals surface area contributed by atoms with Crippen LogP contribution < -0.4 is 9.47 Å². The number of nitro benzene ring substituents is 1. The lowest BCUT2D eigenvalue weighted by atomic mass is 10.1. The molecule has 132 valence electrons. The molecule has 0 fully saturated rings. The fraction of sp³-hybridized carbons (Fsp3) is 0.188. The lowest BCUT2D eigenvalue weighted by Gasteiger charge is -2.11. The molecule has 2 rings (SSSR count). The predicted molar refractivity (Wildman–Crippen MR) is 84.8 cm³/mol. The van der Waals surface area contributed by atoms with Crippen molar-refractivity contribution < 1.29 is 27.6 Å². The number of halogens is 3. The molecule has 6 nitrogen and oxygen atoms in total. The highest BCUT2D eigenvalue weighted by molar-refractivity contribution is 5.86. The van der Waals surface area contributed by atoms with E-state index in [9.17, 15) is 23.3 Å². The molecule has 0 aliphatic carbocycles. The number of hydrogen-bond acceptors (Lipinski definition) is 5. The maximum atomic E-state index is 12.3. The van der Waals surface area contributed by atoms with Crippen molar-refractivity contribution in [3.05, 3.63) is 57.6 Å². The Hall–Kier alpha value is -3.10. The summed E-state index contributed by atoms with van der Waals surface area (Å²) in [6.07, 6.45) is -3.56. The first kappa shape index (κ1) is 18.2. The van der Waals surface area contributed by atoms with Gasteiger partial charge < -0.3 is 9.47 Å². The Morgan fingerprint density at radius 2 is 1.96 bits per heavy atom. The van der Waals surface area contributed by atoms with Gasteiger partial charge in [-0.1, -0.05) is 6.07 Å². The second kappa shape index (κ2) is 7.20. The van der Waals surface area contributed by atoms with E-state index in [0.29, 0.717) is 11.3 Å². The maximum absolute atomic E-state index is 12.3. The highest BCUT2D eigenvalue weighted by atomic mass is 19.4. The second-order valence-corrected chi connectivity index (χ2v) is 4.89. The van der Waals surface area contributed by atoms with E-state index in [1.54, 1.807) is 6.07 Å². The first-order valence-corrected chi connectivity index (χ1v) is 6.93. The van der Waals surface area contributed by atoms with Crippen LogP contribution in [0, 0.1) is 17.0 Å². The van der Waals surface area contributed by atoms with Gasteiger partial charge in [0.05, 0.1) is 23.3 Å². The fourth-order valence-electron chi connectivity index (χ4n) is 2.10. The summed E-state index contributed by atoms with van der Waals surface area (Å²) in [5, 5.41) is 10.9. The summed E-state index contributed by atoms with van der Waals surface area (Å²) in [4.78, 5) is 14.5. The minimum Gasteiger partial charge on any atom is -0.496 e. The number of benzene rings is 2. The van der Waals surface area contributed by atoms with Gasteiger partial charge in [-0.05, 0) is 31.2 Å². The van der Waals surface area contributed by atoms with Gasteiger partial charge in [0, 0.05) is 17.8 Å². The molecule has 0 unspecified atom stereocenters. The van der Waals surface area contributed by atoms with Crippen molar-refractivity contribution in [2.45, 2.75) is 13.3 Å². The normalized spacial score (nSPS) is 11.6. The number of rotatable bonds is 5. The third kappa shape index (κ3) is 4.69. The van der Waals surface area contributed by atoms with Gasteiger partial charge in [0.1, 0.15) is 11.5 Å². The Morgan fingerprint density at radius 1 is 1.24 bits per heavy atom. The number of nitro groups is 1. The van der Waals surface area contributed by atoms with Gasteiger partial charge in [-0.3, -0.25) is 15.1 Å². The minimum absolute atomic E-state index is 0.101. The van der Waals surface area contributed by atoms with Gasteiger partial charge in [-0.25, -0.2) is 0 Å². The molecule has 0 saturated carbocycles. The molecule has 0 bridgehead atoms. The average molecular weight is 354 g/mol. The van der Waals surface area contributed by atoms with Gasteiger partial charge in [0.15, 0.2) is 0 Å². The third-order valence-electron chi connectivity index (χ3n) is 3.25. The van der Waals surface area contributed by atoms with Crippen molar-refractivity contribution in [1.82, 2.24) is 0 Å². The summed E-state index contributed by atoms with van der Waals surface area (Å²) >= 11 is 0. The van der Waals surface area contributed by atoms with Crippen LogP contribution in [0.3, 0.4) is 0 Å². The molecule has 2 aromatic rings. The van der Waals surface area contributed by atoms with E-state index in [1.807, 2.05) is 0 Å². The van der Waals surface area contributed by atoms with Crippen LogP contribution in [0.5, 0.6) is 11.5 Å². The monoisotopic (exact) mass is 354 g/mol. The summed E-state index contributed by atoms with van der Waals surface area (Å²) in [6, 6.07) is 7.90. The van der Waals surface area contributed by atoms with Crippen LogP contribution in [0.2, 0.25) is 0 Å². The maximum Gasteiger partial charge on any atom is 0.573 e. The van der Waals surface area contributed by atoms with Crippen LogP contribution >= 0.6 is 0 Å². The minimum atomic E-state index is -4.82. The smallest absolute Gasteiger partial charge is 0.496 e. The molecule has 0 amide bonds. The summed E-state index contributed by atoms with van der Waals surface area (Å²) in [5.74, 6) is -0.146. The number of aliphatic imine (C=N–C) groups is 1. The molecule has 25 heavy (non-hydrogen) atoms. The summed E-state index contributed by atoms with van der Waals surface area (Å²) in [5.41, 5.74) is 0.787. The fourth-order valence-corrected chi connectivity index (χ4v) is 2.10. The predicted octanol–water partition coefficient (Wildman–Crippen LogP) is 4.56. The first-order valence-electron chi connectivity index (χ1n) is 6.93. The lowest BCUT2D eigenvalue weighted by molar-refractivity contribution is -0.385. The molecule has 9 heteroatoms. The Bertz CT molecular complexity index is 820. The summed E-state index contributed by atoms with van der Waals surface area (Å²) < 4.78 is 45.9. The number of alkyl halides is 3. The standard InChI is InChI=1S/C16H13F3N2O4/c1-10-13(4-3-5-14(10)21(22)23)20-9-11-8-12(25-16(17,18)19)6-7-15(11)24-2/h3-9H,1-2H3/b20-9+. The Labute approximate surface area is 140 Å². The molecule has 0 atom stereocenters. The third-order valence-corrected chi connectivity index (χ3v) is 3.25. The van der Waals surface area contributed by atoms with Crippen LogP contribution in [0.25, 0.3) is 0 Å². The highest BCUT2D eigenvalue weighted by Crippen LogP contribution is 2.30. The SMILES string of the molecule is COc1ccc(OC(F)(F)F)cc1/C=N/c1cccc([N+](=O)[O-])c1C. The van der Waals surface area contributed by atoms with Crippen molar-refractivity contribution in [2.75, 3.05) is 7.11 Å². The molecule has 0 aliphatic rings. The van der Waals surface area contributed by atoms with Gasteiger partial charge in [0.25, 0.3) is 5.69 Å². The van der Waals surface area contributed by atoms with Gasteiger partial charge in [-0.15, -0.1) is 13.2 Å². The number of hydrogen-bond donors (Lipinski definition) is 0. The molecular formula is C16H13F3N2O4. The van der Waals surface area contributed by atoms with E-state index in [2.05, 4.69) is 9.73 Å². The van der Waals surface area contributed by atoms with E-state index in [1.165, 1.54) is 38.4 Å². The van der Waals surface area contributed by atoms with E-state index in [4.69, 9.17) is 4.74 Å². The van der Waals surface area contributed by atoms with E-state index >= 15 is 0 Å². The van der Waals surface area contributed by atoms with Gasteiger partial charge >= 0.3 is 6.36 Å². The molecule has 0 aliphatic heterocycles. The van der Waals surface area contributed by atoms with Crippen molar-refractivity contribution in [3.63, 3.8) is 0 Å². The van der Waals surface area contributed by atoms with Crippen LogP contribution in [-0.4, -0.2) is 24.6 Å². The molecule has 0 N–H and O–H groups in total. The zero-order chi connectivity index (χ0) is 18.6. The zero-order valence-electron chi connectivity index (χ0n) is 13.2. The average Bonchev–Trinajstić information content (AvgIpc) is 2.52. The van der Waals surface area contributed by atoms with Crippen molar-refractivity contribution in [2.24, 2.45) is 4.99 Å². The van der Waals surface area contributed by atoms with E-state index in [-0.39, 0.29) is 17.0 Å².